The predicted octanol–water partition coefficient (Wildman–Crippen LogP) is 15.7. The Morgan fingerprint density at radius 3 is 1.67 bits per heavy atom. The maximum absolute atomic E-state index is 6.54. The van der Waals surface area contributed by atoms with Crippen LogP contribution in [0.5, 0.6) is 0 Å². The van der Waals surface area contributed by atoms with E-state index in [9.17, 15) is 0 Å². The number of rotatable bonds is 5. The third-order valence-electron chi connectivity index (χ3n) is 11.6. The normalized spacial score (nSPS) is 11.9. The number of anilines is 3. The largest absolute Gasteiger partial charge is 0.456 e. The van der Waals surface area contributed by atoms with Crippen LogP contribution in [0, 0.1) is 0 Å². The molecule has 0 aliphatic rings. The topological polar surface area (TPSA) is 29.5 Å². The molecule has 0 fully saturated rings. The van der Waals surface area contributed by atoms with Crippen molar-refractivity contribution in [2.75, 3.05) is 4.90 Å². The van der Waals surface area contributed by atoms with Crippen LogP contribution in [0.25, 0.3) is 98.4 Å². The molecule has 12 rings (SSSR count). The average molecular weight is 728 g/mol. The summed E-state index contributed by atoms with van der Waals surface area (Å²) >= 11 is 0. The van der Waals surface area contributed by atoms with Crippen LogP contribution < -0.4 is 4.90 Å². The van der Waals surface area contributed by atoms with Gasteiger partial charge in [-0.3, -0.25) is 0 Å². The Labute approximate surface area is 328 Å². The molecule has 0 amide bonds. The van der Waals surface area contributed by atoms with E-state index in [0.717, 1.165) is 77.5 Å². The highest BCUT2D eigenvalue weighted by Crippen LogP contribution is 2.45. The number of hydrogen-bond acceptors (Lipinski definition) is 3. The summed E-state index contributed by atoms with van der Waals surface area (Å²) in [5, 5.41) is 11.8. The molecule has 0 spiro atoms. The van der Waals surface area contributed by atoms with Gasteiger partial charge in [-0.25, -0.2) is 0 Å². The van der Waals surface area contributed by atoms with Crippen LogP contribution in [0.3, 0.4) is 0 Å². The van der Waals surface area contributed by atoms with Crippen LogP contribution in [0.15, 0.2) is 209 Å². The zero-order valence-electron chi connectivity index (χ0n) is 30.8. The number of hydrogen-bond donors (Lipinski definition) is 0. The second kappa shape index (κ2) is 12.5. The molecule has 0 atom stereocenters. The van der Waals surface area contributed by atoms with Crippen LogP contribution in [-0.4, -0.2) is 0 Å². The van der Waals surface area contributed by atoms with E-state index >= 15 is 0 Å². The van der Waals surface area contributed by atoms with Gasteiger partial charge >= 0.3 is 0 Å². The molecule has 0 radical (unpaired) electrons. The summed E-state index contributed by atoms with van der Waals surface area (Å²) in [6, 6.07) is 71.5. The molecule has 0 N–H and O–H groups in total. The van der Waals surface area contributed by atoms with Crippen molar-refractivity contribution in [2.24, 2.45) is 0 Å². The first-order valence-electron chi connectivity index (χ1n) is 19.4. The van der Waals surface area contributed by atoms with Gasteiger partial charge in [-0.15, -0.1) is 0 Å². The molecule has 3 heteroatoms. The van der Waals surface area contributed by atoms with Crippen molar-refractivity contribution in [1.82, 2.24) is 0 Å². The summed E-state index contributed by atoms with van der Waals surface area (Å²) in [5.41, 5.74) is 11.4. The third kappa shape index (κ3) is 4.92. The second-order valence-corrected chi connectivity index (χ2v) is 14.8. The summed E-state index contributed by atoms with van der Waals surface area (Å²) in [6.07, 6.45) is 0. The minimum atomic E-state index is 0.862. The van der Waals surface area contributed by atoms with Crippen molar-refractivity contribution in [2.45, 2.75) is 0 Å². The summed E-state index contributed by atoms with van der Waals surface area (Å²) in [6.45, 7) is 0. The summed E-state index contributed by atoms with van der Waals surface area (Å²) in [7, 11) is 0. The molecular weight excluding hydrogens is 695 g/mol. The quantitative estimate of drug-likeness (QED) is 0.165. The Balaban J connectivity index is 1.02. The van der Waals surface area contributed by atoms with Crippen LogP contribution >= 0.6 is 0 Å². The van der Waals surface area contributed by atoms with Crippen molar-refractivity contribution in [3.63, 3.8) is 0 Å². The highest BCUT2D eigenvalue weighted by molar-refractivity contribution is 6.19. The Morgan fingerprint density at radius 2 is 0.895 bits per heavy atom. The average Bonchev–Trinajstić information content (AvgIpc) is 3.86. The van der Waals surface area contributed by atoms with E-state index < -0.39 is 0 Å². The van der Waals surface area contributed by atoms with E-state index in [1.807, 2.05) is 12.1 Å². The van der Waals surface area contributed by atoms with Gasteiger partial charge in [0.25, 0.3) is 0 Å². The number of fused-ring (bicyclic) bond motifs is 11. The van der Waals surface area contributed by atoms with Gasteiger partial charge in [-0.1, -0.05) is 140 Å². The van der Waals surface area contributed by atoms with Gasteiger partial charge in [-0.05, 0) is 110 Å². The maximum atomic E-state index is 6.54. The molecule has 0 saturated carbocycles. The molecule has 10 aromatic carbocycles. The van der Waals surface area contributed by atoms with Crippen LogP contribution in [-0.2, 0) is 0 Å². The van der Waals surface area contributed by atoms with Crippen LogP contribution in [0.2, 0.25) is 0 Å². The van der Waals surface area contributed by atoms with E-state index in [0.29, 0.717) is 0 Å². The van der Waals surface area contributed by atoms with Crippen molar-refractivity contribution in [3.05, 3.63) is 200 Å². The first-order chi connectivity index (χ1) is 28.3. The molecule has 266 valence electrons. The molecule has 0 aliphatic heterocycles. The molecule has 57 heavy (non-hydrogen) atoms. The zero-order valence-corrected chi connectivity index (χ0v) is 30.8. The lowest BCUT2D eigenvalue weighted by atomic mass is 9.93. The minimum Gasteiger partial charge on any atom is -0.456 e. The van der Waals surface area contributed by atoms with Gasteiger partial charge in [0.2, 0.25) is 0 Å². The van der Waals surface area contributed by atoms with Crippen molar-refractivity contribution >= 4 is 93.3 Å². The Hall–Kier alpha value is -7.62. The number of furan rings is 2. The fourth-order valence-corrected chi connectivity index (χ4v) is 9.04. The Bertz CT molecular complexity index is 3520. The first kappa shape index (κ1) is 31.7. The molecule has 12 aromatic rings. The van der Waals surface area contributed by atoms with Gasteiger partial charge in [0.15, 0.2) is 0 Å². The third-order valence-corrected chi connectivity index (χ3v) is 11.6. The Kier molecular flexibility index (Phi) is 6.93. The SMILES string of the molecule is c1ccc2c(c1)cc(-c1ccc(N(c3ccc(-c4cccc5oc6c7ccccc7ccc6c45)cc3)c3cccc4oc5ccccc5c34)cc1)c1ccccc12. The van der Waals surface area contributed by atoms with Crippen molar-refractivity contribution in [3.8, 4) is 22.3 Å². The number of benzene rings is 10. The molecule has 2 heterocycles. The maximum Gasteiger partial charge on any atom is 0.143 e. The molecule has 2 aromatic heterocycles. The van der Waals surface area contributed by atoms with E-state index in [4.69, 9.17) is 8.83 Å². The second-order valence-electron chi connectivity index (χ2n) is 14.8. The Morgan fingerprint density at radius 1 is 0.316 bits per heavy atom. The minimum absolute atomic E-state index is 0.862. The van der Waals surface area contributed by atoms with Gasteiger partial charge < -0.3 is 13.7 Å². The van der Waals surface area contributed by atoms with Crippen molar-refractivity contribution < 1.29 is 8.83 Å². The van der Waals surface area contributed by atoms with E-state index in [1.54, 1.807) is 0 Å². The highest BCUT2D eigenvalue weighted by Gasteiger charge is 2.21. The van der Waals surface area contributed by atoms with Gasteiger partial charge in [-0.2, -0.15) is 0 Å². The molecule has 3 nitrogen and oxygen atoms in total. The molecular formula is C54H33NO2. The van der Waals surface area contributed by atoms with E-state index in [-0.39, 0.29) is 0 Å². The lowest BCUT2D eigenvalue weighted by Gasteiger charge is -2.27. The van der Waals surface area contributed by atoms with Gasteiger partial charge in [0.1, 0.15) is 22.3 Å². The molecule has 0 aliphatic carbocycles. The van der Waals surface area contributed by atoms with E-state index in [2.05, 4.69) is 193 Å². The fraction of sp³-hybridized carbons (Fsp3) is 0. The standard InChI is InChI=1S/C54H33NO2/c1-4-14-42-34(11-1)27-32-46-52-41(18-9-21-50(52)57-54(42)46)35-23-28-38(29-24-35)55(48-19-10-22-51-53(48)45-17-7-8-20-49(45)56-51)39-30-25-36(26-31-39)47-33-37-12-2-3-13-40(37)43-15-5-6-16-44(43)47/h1-33H. The smallest absolute Gasteiger partial charge is 0.143 e. The molecule has 0 unspecified atom stereocenters. The number of nitrogens with zero attached hydrogens (tertiary/aromatic N) is 1. The fourth-order valence-electron chi connectivity index (χ4n) is 9.04. The summed E-state index contributed by atoms with van der Waals surface area (Å²) < 4.78 is 12.9. The highest BCUT2D eigenvalue weighted by atomic mass is 16.3. The summed E-state index contributed by atoms with van der Waals surface area (Å²) in [5.74, 6) is 0. The van der Waals surface area contributed by atoms with Crippen molar-refractivity contribution in [1.29, 1.82) is 0 Å². The number of para-hydroxylation sites is 1. The van der Waals surface area contributed by atoms with Gasteiger partial charge in [0, 0.05) is 32.9 Å². The summed E-state index contributed by atoms with van der Waals surface area (Å²) in [4.78, 5) is 2.36. The predicted molar refractivity (Wildman–Crippen MR) is 239 cm³/mol. The lowest BCUT2D eigenvalue weighted by molar-refractivity contribution is 0.669. The van der Waals surface area contributed by atoms with E-state index in [1.165, 1.54) is 38.1 Å². The van der Waals surface area contributed by atoms with Crippen LogP contribution in [0.4, 0.5) is 17.1 Å². The molecule has 0 bridgehead atoms. The molecule has 0 saturated heterocycles. The van der Waals surface area contributed by atoms with Crippen LogP contribution in [0.1, 0.15) is 0 Å². The first-order valence-corrected chi connectivity index (χ1v) is 19.4. The lowest BCUT2D eigenvalue weighted by Crippen LogP contribution is -2.10. The van der Waals surface area contributed by atoms with Gasteiger partial charge in [0.05, 0.1) is 11.1 Å². The zero-order chi connectivity index (χ0) is 37.5. The monoisotopic (exact) mass is 727 g/mol.